The maximum atomic E-state index is 13.7. The minimum absolute atomic E-state index is 0.206. The van der Waals surface area contributed by atoms with Crippen LogP contribution in [-0.4, -0.2) is 74.0 Å². The number of methoxy groups -OCH3 is 1. The summed E-state index contributed by atoms with van der Waals surface area (Å²) in [6, 6.07) is 12.5. The lowest BCUT2D eigenvalue weighted by Gasteiger charge is -2.34. The molecule has 0 aromatic heterocycles. The molecule has 6 nitrogen and oxygen atoms in total. The van der Waals surface area contributed by atoms with Crippen LogP contribution in [0.3, 0.4) is 0 Å². The maximum Gasteiger partial charge on any atom is 0.161 e. The molecule has 0 radical (unpaired) electrons. The van der Waals surface area contributed by atoms with Crippen LogP contribution in [-0.2, 0) is 13.1 Å². The number of nitrogens with one attached hydrogen (secondary N) is 1. The molecular weight excluding hydrogens is 397 g/mol. The molecule has 1 aliphatic heterocycles. The van der Waals surface area contributed by atoms with E-state index < -0.39 is 6.10 Å². The molecule has 2 aromatic carbocycles. The van der Waals surface area contributed by atoms with Crippen LogP contribution in [0, 0.1) is 5.82 Å². The van der Waals surface area contributed by atoms with Crippen molar-refractivity contribution >= 4 is 0 Å². The van der Waals surface area contributed by atoms with Gasteiger partial charge in [0.15, 0.2) is 11.5 Å². The summed E-state index contributed by atoms with van der Waals surface area (Å²) in [5.74, 6) is 1.02. The van der Waals surface area contributed by atoms with Crippen LogP contribution in [0.5, 0.6) is 11.5 Å². The van der Waals surface area contributed by atoms with E-state index in [0.29, 0.717) is 36.7 Å². The first-order valence-electron chi connectivity index (χ1n) is 11.0. The smallest absolute Gasteiger partial charge is 0.161 e. The molecule has 170 valence electrons. The van der Waals surface area contributed by atoms with Gasteiger partial charge in [0.05, 0.1) is 7.11 Å². The Morgan fingerprint density at radius 1 is 1.03 bits per heavy atom. The van der Waals surface area contributed by atoms with E-state index in [1.807, 2.05) is 24.3 Å². The molecule has 1 saturated heterocycles. The summed E-state index contributed by atoms with van der Waals surface area (Å²) in [4.78, 5) is 4.69. The monoisotopic (exact) mass is 431 g/mol. The summed E-state index contributed by atoms with van der Waals surface area (Å²) in [6.07, 6.45) is -0.556. The van der Waals surface area contributed by atoms with Gasteiger partial charge in [-0.15, -0.1) is 0 Å². The predicted molar refractivity (Wildman–Crippen MR) is 120 cm³/mol. The van der Waals surface area contributed by atoms with E-state index in [0.717, 1.165) is 38.3 Å². The van der Waals surface area contributed by atoms with Gasteiger partial charge in [-0.2, -0.15) is 0 Å². The quantitative estimate of drug-likeness (QED) is 0.570. The van der Waals surface area contributed by atoms with Crippen molar-refractivity contribution in [3.8, 4) is 11.5 Å². The number of aliphatic hydroxyl groups excluding tert-OH is 1. The molecule has 0 bridgehead atoms. The minimum atomic E-state index is -0.556. The Hall–Kier alpha value is -2.19. The van der Waals surface area contributed by atoms with Crippen molar-refractivity contribution in [1.29, 1.82) is 0 Å². The SMILES string of the molecule is CCN1CCN(CC(O)COc2ccc(CNCc3ccccc3F)cc2OC)CC1. The first-order valence-corrected chi connectivity index (χ1v) is 11.0. The summed E-state index contributed by atoms with van der Waals surface area (Å²) in [6.45, 7) is 9.15. The molecule has 1 heterocycles. The second-order valence-electron chi connectivity index (χ2n) is 7.88. The molecule has 0 amide bonds. The van der Waals surface area contributed by atoms with Crippen LogP contribution >= 0.6 is 0 Å². The second-order valence-corrected chi connectivity index (χ2v) is 7.88. The van der Waals surface area contributed by atoms with E-state index in [2.05, 4.69) is 22.0 Å². The highest BCUT2D eigenvalue weighted by Crippen LogP contribution is 2.28. The van der Waals surface area contributed by atoms with Crippen molar-refractivity contribution in [3.63, 3.8) is 0 Å². The lowest BCUT2D eigenvalue weighted by atomic mass is 10.1. The maximum absolute atomic E-state index is 13.7. The van der Waals surface area contributed by atoms with Gasteiger partial charge >= 0.3 is 0 Å². The number of hydrogen-bond acceptors (Lipinski definition) is 6. The van der Waals surface area contributed by atoms with E-state index >= 15 is 0 Å². The molecule has 2 N–H and O–H groups in total. The molecule has 1 fully saturated rings. The first kappa shape index (κ1) is 23.5. The van der Waals surface area contributed by atoms with Crippen LogP contribution in [0.2, 0.25) is 0 Å². The molecule has 1 aliphatic rings. The van der Waals surface area contributed by atoms with E-state index in [1.165, 1.54) is 6.07 Å². The number of hydrogen-bond donors (Lipinski definition) is 2. The zero-order valence-corrected chi connectivity index (χ0v) is 18.5. The molecule has 0 spiro atoms. The average Bonchev–Trinajstić information content (AvgIpc) is 2.79. The zero-order valence-electron chi connectivity index (χ0n) is 18.5. The van der Waals surface area contributed by atoms with Gasteiger partial charge in [-0.25, -0.2) is 4.39 Å². The number of likely N-dealkylation sites (N-methyl/N-ethyl adjacent to an activating group) is 1. The lowest BCUT2D eigenvalue weighted by Crippen LogP contribution is -2.49. The number of aliphatic hydroxyl groups is 1. The summed E-state index contributed by atoms with van der Waals surface area (Å²) < 4.78 is 25.0. The van der Waals surface area contributed by atoms with Crippen LogP contribution in [0.1, 0.15) is 18.1 Å². The summed E-state index contributed by atoms with van der Waals surface area (Å²) >= 11 is 0. The van der Waals surface area contributed by atoms with E-state index in [4.69, 9.17) is 9.47 Å². The number of piperazine rings is 1. The molecule has 0 saturated carbocycles. The molecule has 31 heavy (non-hydrogen) atoms. The fraction of sp³-hybridized carbons (Fsp3) is 0.500. The fourth-order valence-electron chi connectivity index (χ4n) is 3.75. The number of rotatable bonds is 11. The fourth-order valence-corrected chi connectivity index (χ4v) is 3.75. The Morgan fingerprint density at radius 3 is 2.48 bits per heavy atom. The first-order chi connectivity index (χ1) is 15.1. The Balaban J connectivity index is 1.45. The molecule has 3 rings (SSSR count). The Labute approximate surface area is 184 Å². The van der Waals surface area contributed by atoms with Crippen molar-refractivity contribution in [2.75, 3.05) is 53.0 Å². The van der Waals surface area contributed by atoms with Crippen molar-refractivity contribution in [2.24, 2.45) is 0 Å². The summed E-state index contributed by atoms with van der Waals surface area (Å²) in [5.41, 5.74) is 1.65. The molecule has 1 unspecified atom stereocenters. The highest BCUT2D eigenvalue weighted by atomic mass is 19.1. The Kier molecular flexibility index (Phi) is 9.09. The van der Waals surface area contributed by atoms with Gasteiger partial charge in [0.1, 0.15) is 18.5 Å². The van der Waals surface area contributed by atoms with Crippen molar-refractivity contribution < 1.29 is 19.0 Å². The van der Waals surface area contributed by atoms with Crippen molar-refractivity contribution in [2.45, 2.75) is 26.1 Å². The molecular formula is C24H34FN3O3. The Bertz CT molecular complexity index is 812. The van der Waals surface area contributed by atoms with E-state index in [9.17, 15) is 9.50 Å². The number of benzene rings is 2. The average molecular weight is 432 g/mol. The van der Waals surface area contributed by atoms with Crippen LogP contribution in [0.4, 0.5) is 4.39 Å². The number of nitrogens with zero attached hydrogens (tertiary/aromatic N) is 2. The van der Waals surface area contributed by atoms with Gasteiger partial charge in [-0.1, -0.05) is 31.2 Å². The summed E-state index contributed by atoms with van der Waals surface area (Å²) in [5, 5.41) is 13.6. The van der Waals surface area contributed by atoms with Crippen LogP contribution in [0.15, 0.2) is 42.5 Å². The summed E-state index contributed by atoms with van der Waals surface area (Å²) in [7, 11) is 1.60. The second kappa shape index (κ2) is 12.0. The van der Waals surface area contributed by atoms with Gasteiger partial charge in [0.2, 0.25) is 0 Å². The highest BCUT2D eigenvalue weighted by molar-refractivity contribution is 5.43. The number of β-amino-alcohol motifs (C(OH)–C–C–N with tert-alkyl or cyclic N) is 1. The van der Waals surface area contributed by atoms with Gasteiger partial charge in [0.25, 0.3) is 0 Å². The predicted octanol–water partition coefficient (Wildman–Crippen LogP) is 2.50. The third-order valence-corrected chi connectivity index (χ3v) is 5.64. The third kappa shape index (κ3) is 7.18. The van der Waals surface area contributed by atoms with Crippen molar-refractivity contribution in [1.82, 2.24) is 15.1 Å². The highest BCUT2D eigenvalue weighted by Gasteiger charge is 2.19. The molecule has 1 atom stereocenters. The van der Waals surface area contributed by atoms with Gasteiger partial charge < -0.3 is 24.8 Å². The minimum Gasteiger partial charge on any atom is -0.493 e. The van der Waals surface area contributed by atoms with E-state index in [1.54, 1.807) is 19.2 Å². The molecule has 2 aromatic rings. The number of halogens is 1. The lowest BCUT2D eigenvalue weighted by molar-refractivity contribution is 0.0464. The van der Waals surface area contributed by atoms with Crippen LogP contribution < -0.4 is 14.8 Å². The number of ether oxygens (including phenoxy) is 2. The largest absolute Gasteiger partial charge is 0.493 e. The third-order valence-electron chi connectivity index (χ3n) is 5.64. The molecule has 7 heteroatoms. The molecule has 0 aliphatic carbocycles. The van der Waals surface area contributed by atoms with Gasteiger partial charge in [-0.05, 0) is 30.3 Å². The van der Waals surface area contributed by atoms with E-state index in [-0.39, 0.29) is 12.4 Å². The van der Waals surface area contributed by atoms with Gasteiger partial charge in [-0.3, -0.25) is 4.90 Å². The van der Waals surface area contributed by atoms with Crippen molar-refractivity contribution in [3.05, 3.63) is 59.4 Å². The zero-order chi connectivity index (χ0) is 22.1. The van der Waals surface area contributed by atoms with Gasteiger partial charge in [0, 0.05) is 51.4 Å². The topological polar surface area (TPSA) is 57.2 Å². The Morgan fingerprint density at radius 2 is 1.77 bits per heavy atom. The van der Waals surface area contributed by atoms with Crippen LogP contribution in [0.25, 0.3) is 0 Å². The normalized spacial score (nSPS) is 16.3. The standard InChI is InChI=1S/C24H34FN3O3/c1-3-27-10-12-28(13-11-27)17-21(29)18-31-23-9-8-19(14-24(23)30-2)15-26-16-20-6-4-5-7-22(20)25/h4-9,14,21,26,29H,3,10-13,15-18H2,1-2H3.